The maximum atomic E-state index is 5.20. The van der Waals surface area contributed by atoms with Crippen molar-refractivity contribution in [2.45, 2.75) is 32.7 Å². The van der Waals surface area contributed by atoms with Crippen LogP contribution in [0.25, 0.3) is 0 Å². The van der Waals surface area contributed by atoms with E-state index in [1.165, 1.54) is 16.8 Å². The topological polar surface area (TPSA) is 39.1 Å². The number of ether oxygens (including phenoxy) is 1. The van der Waals surface area contributed by atoms with E-state index in [-0.39, 0.29) is 0 Å². The number of rotatable bonds is 6. The lowest BCUT2D eigenvalue weighted by atomic mass is 9.97. The van der Waals surface area contributed by atoms with E-state index in [2.05, 4.69) is 36.4 Å². The molecule has 4 heteroatoms. The molecule has 0 radical (unpaired) electrons. The number of benzene rings is 1. The number of nitrogens with zero attached hydrogens (tertiary/aromatic N) is 2. The predicted molar refractivity (Wildman–Crippen MR) is 85.8 cm³/mol. The van der Waals surface area contributed by atoms with Crippen LogP contribution in [-0.2, 0) is 13.5 Å². The van der Waals surface area contributed by atoms with Gasteiger partial charge in [0.15, 0.2) is 0 Å². The number of hydrogen-bond acceptors (Lipinski definition) is 3. The second kappa shape index (κ2) is 6.76. The van der Waals surface area contributed by atoms with Crippen LogP contribution in [0.15, 0.2) is 24.3 Å². The minimum atomic E-state index is 0.334. The van der Waals surface area contributed by atoms with Crippen LogP contribution in [-0.4, -0.2) is 23.9 Å². The number of aromatic nitrogens is 2. The largest absolute Gasteiger partial charge is 0.497 e. The van der Waals surface area contributed by atoms with Crippen molar-refractivity contribution < 1.29 is 4.74 Å². The monoisotopic (exact) mass is 287 g/mol. The van der Waals surface area contributed by atoms with Crippen LogP contribution < -0.4 is 10.1 Å². The quantitative estimate of drug-likeness (QED) is 0.888. The summed E-state index contributed by atoms with van der Waals surface area (Å²) in [7, 11) is 5.71. The molecule has 1 unspecified atom stereocenters. The maximum absolute atomic E-state index is 5.20. The lowest BCUT2D eigenvalue weighted by Gasteiger charge is -2.17. The van der Waals surface area contributed by atoms with Gasteiger partial charge in [0.05, 0.1) is 12.8 Å². The van der Waals surface area contributed by atoms with Crippen LogP contribution >= 0.6 is 0 Å². The molecule has 1 heterocycles. The molecule has 1 aromatic heterocycles. The summed E-state index contributed by atoms with van der Waals surface area (Å²) in [6.07, 6.45) is 2.08. The highest BCUT2D eigenvalue weighted by Gasteiger charge is 2.18. The van der Waals surface area contributed by atoms with Crippen molar-refractivity contribution in [3.8, 4) is 5.75 Å². The molecule has 0 saturated heterocycles. The number of methoxy groups -OCH3 is 1. The molecule has 2 rings (SSSR count). The van der Waals surface area contributed by atoms with E-state index in [1.807, 2.05) is 30.9 Å². The van der Waals surface area contributed by atoms with Crippen molar-refractivity contribution in [1.29, 1.82) is 0 Å². The molecule has 0 aliphatic carbocycles. The predicted octanol–water partition coefficient (Wildman–Crippen LogP) is 2.94. The van der Waals surface area contributed by atoms with Gasteiger partial charge in [0, 0.05) is 24.3 Å². The summed E-state index contributed by atoms with van der Waals surface area (Å²) in [5, 5.41) is 7.95. The van der Waals surface area contributed by atoms with Crippen molar-refractivity contribution in [2.75, 3.05) is 14.2 Å². The molecule has 4 nitrogen and oxygen atoms in total. The van der Waals surface area contributed by atoms with Crippen molar-refractivity contribution in [2.24, 2.45) is 7.05 Å². The average Bonchev–Trinajstić information content (AvgIpc) is 2.75. The zero-order chi connectivity index (χ0) is 15.4. The molecule has 1 atom stereocenters. The molecule has 114 valence electrons. The highest BCUT2D eigenvalue weighted by molar-refractivity contribution is 5.30. The van der Waals surface area contributed by atoms with Gasteiger partial charge >= 0.3 is 0 Å². The van der Waals surface area contributed by atoms with Gasteiger partial charge < -0.3 is 10.1 Å². The van der Waals surface area contributed by atoms with Crippen molar-refractivity contribution >= 4 is 0 Å². The highest BCUT2D eigenvalue weighted by Crippen LogP contribution is 2.25. The summed E-state index contributed by atoms with van der Waals surface area (Å²) in [5.74, 6) is 0.905. The van der Waals surface area contributed by atoms with E-state index in [0.717, 1.165) is 24.3 Å². The zero-order valence-corrected chi connectivity index (χ0v) is 13.6. The second-order valence-electron chi connectivity index (χ2n) is 5.44. The normalized spacial score (nSPS) is 12.4. The van der Waals surface area contributed by atoms with Crippen molar-refractivity contribution in [3.05, 3.63) is 46.8 Å². The van der Waals surface area contributed by atoms with Crippen LogP contribution in [0, 0.1) is 13.8 Å². The third kappa shape index (κ3) is 3.45. The fourth-order valence-corrected chi connectivity index (χ4v) is 2.83. The maximum Gasteiger partial charge on any atom is 0.118 e. The van der Waals surface area contributed by atoms with Gasteiger partial charge in [-0.15, -0.1) is 0 Å². The van der Waals surface area contributed by atoms with Gasteiger partial charge in [-0.1, -0.05) is 12.1 Å². The number of hydrogen-bond donors (Lipinski definition) is 1. The fraction of sp³-hybridized carbons (Fsp3) is 0.471. The average molecular weight is 287 g/mol. The van der Waals surface area contributed by atoms with Crippen LogP contribution in [0.4, 0.5) is 0 Å². The Balaban J connectivity index is 2.08. The highest BCUT2D eigenvalue weighted by atomic mass is 16.5. The fourth-order valence-electron chi connectivity index (χ4n) is 2.83. The molecule has 0 fully saturated rings. The summed E-state index contributed by atoms with van der Waals surface area (Å²) in [5.41, 5.74) is 5.01. The standard InChI is InChI=1S/C17H25N3O/c1-12-17(13(2)20(4)19-12)16(18-3)11-8-14-6-9-15(21-5)10-7-14/h6-7,9-10,16,18H,8,11H2,1-5H3. The van der Waals surface area contributed by atoms with E-state index in [1.54, 1.807) is 7.11 Å². The molecule has 1 aromatic carbocycles. The van der Waals surface area contributed by atoms with E-state index in [0.29, 0.717) is 6.04 Å². The molecule has 0 amide bonds. The molecule has 2 aromatic rings. The van der Waals surface area contributed by atoms with Crippen LogP contribution in [0.3, 0.4) is 0 Å². The summed E-state index contributed by atoms with van der Waals surface area (Å²) in [6.45, 7) is 4.22. The summed E-state index contributed by atoms with van der Waals surface area (Å²) >= 11 is 0. The molecule has 0 bridgehead atoms. The second-order valence-corrected chi connectivity index (χ2v) is 5.44. The minimum Gasteiger partial charge on any atom is -0.497 e. The first-order chi connectivity index (χ1) is 10.1. The summed E-state index contributed by atoms with van der Waals surface area (Å²) in [6, 6.07) is 8.64. The molecule has 0 aliphatic heterocycles. The summed E-state index contributed by atoms with van der Waals surface area (Å²) < 4.78 is 7.16. The van der Waals surface area contributed by atoms with Crippen LogP contribution in [0.5, 0.6) is 5.75 Å². The Labute approximate surface area is 127 Å². The van der Waals surface area contributed by atoms with Gasteiger partial charge in [-0.3, -0.25) is 4.68 Å². The Morgan fingerprint density at radius 1 is 1.24 bits per heavy atom. The van der Waals surface area contributed by atoms with Crippen molar-refractivity contribution in [3.63, 3.8) is 0 Å². The zero-order valence-electron chi connectivity index (χ0n) is 13.6. The van der Waals surface area contributed by atoms with Gasteiger partial charge in [0.1, 0.15) is 5.75 Å². The van der Waals surface area contributed by atoms with Gasteiger partial charge in [0.25, 0.3) is 0 Å². The SMILES string of the molecule is CNC(CCc1ccc(OC)cc1)c1c(C)nn(C)c1C. The van der Waals surface area contributed by atoms with Crippen LogP contribution in [0.2, 0.25) is 0 Å². The first kappa shape index (κ1) is 15.6. The lowest BCUT2D eigenvalue weighted by Crippen LogP contribution is -2.18. The van der Waals surface area contributed by atoms with E-state index >= 15 is 0 Å². The molecular weight excluding hydrogens is 262 g/mol. The van der Waals surface area contributed by atoms with Gasteiger partial charge in [-0.05, 0) is 51.4 Å². The molecular formula is C17H25N3O. The number of nitrogens with one attached hydrogen (secondary N) is 1. The molecule has 0 aliphatic rings. The van der Waals surface area contributed by atoms with E-state index in [9.17, 15) is 0 Å². The van der Waals surface area contributed by atoms with Crippen LogP contribution in [0.1, 0.15) is 35.0 Å². The van der Waals surface area contributed by atoms with E-state index in [4.69, 9.17) is 4.74 Å². The summed E-state index contributed by atoms with van der Waals surface area (Å²) in [4.78, 5) is 0. The van der Waals surface area contributed by atoms with Gasteiger partial charge in [0.2, 0.25) is 0 Å². The molecule has 1 N–H and O–H groups in total. The Kier molecular flexibility index (Phi) is 5.02. The molecule has 0 spiro atoms. The Bertz CT molecular complexity index is 587. The van der Waals surface area contributed by atoms with Gasteiger partial charge in [-0.2, -0.15) is 5.10 Å². The van der Waals surface area contributed by atoms with E-state index < -0.39 is 0 Å². The Hall–Kier alpha value is -1.81. The van der Waals surface area contributed by atoms with Crippen molar-refractivity contribution in [1.82, 2.24) is 15.1 Å². The number of aryl methyl sites for hydroxylation is 3. The lowest BCUT2D eigenvalue weighted by molar-refractivity contribution is 0.414. The first-order valence-electron chi connectivity index (χ1n) is 7.37. The molecule has 21 heavy (non-hydrogen) atoms. The smallest absolute Gasteiger partial charge is 0.118 e. The third-order valence-electron chi connectivity index (χ3n) is 4.14. The third-order valence-corrected chi connectivity index (χ3v) is 4.14. The first-order valence-corrected chi connectivity index (χ1v) is 7.37. The molecule has 0 saturated carbocycles. The van der Waals surface area contributed by atoms with Gasteiger partial charge in [-0.25, -0.2) is 0 Å². The minimum absolute atomic E-state index is 0.334. The Morgan fingerprint density at radius 3 is 2.38 bits per heavy atom. The Morgan fingerprint density at radius 2 is 1.90 bits per heavy atom.